The van der Waals surface area contributed by atoms with E-state index in [2.05, 4.69) is 29.1 Å². The fourth-order valence-electron chi connectivity index (χ4n) is 5.85. The minimum Gasteiger partial charge on any atom is -0.354 e. The highest BCUT2D eigenvalue weighted by Crippen LogP contribution is 2.49. The van der Waals surface area contributed by atoms with E-state index >= 15 is 0 Å². The van der Waals surface area contributed by atoms with Crippen molar-refractivity contribution in [2.45, 2.75) is 39.2 Å². The molecule has 3 aromatic rings. The van der Waals surface area contributed by atoms with E-state index in [4.69, 9.17) is 11.6 Å². The van der Waals surface area contributed by atoms with Gasteiger partial charge in [0, 0.05) is 34.7 Å². The number of rotatable bonds is 4. The summed E-state index contributed by atoms with van der Waals surface area (Å²) in [4.78, 5) is 21.1. The fourth-order valence-corrected chi connectivity index (χ4v) is 5.97. The molecule has 0 spiro atoms. The van der Waals surface area contributed by atoms with Crippen LogP contribution < -0.4 is 5.32 Å². The number of carbonyl (C=O) groups is 1. The van der Waals surface area contributed by atoms with Crippen LogP contribution in [0.1, 0.15) is 43.5 Å². The van der Waals surface area contributed by atoms with Crippen molar-refractivity contribution in [3.8, 4) is 22.5 Å². The van der Waals surface area contributed by atoms with Crippen LogP contribution in [-0.4, -0.2) is 21.9 Å². The molecule has 0 bridgehead atoms. The van der Waals surface area contributed by atoms with E-state index < -0.39 is 0 Å². The fraction of sp³-hybridized carbons (Fsp3) is 0.385. The van der Waals surface area contributed by atoms with Gasteiger partial charge in [-0.15, -0.1) is 0 Å². The summed E-state index contributed by atoms with van der Waals surface area (Å²) >= 11 is 6.06. The number of halogens is 1. The van der Waals surface area contributed by atoms with Crippen molar-refractivity contribution in [2.75, 3.05) is 0 Å². The summed E-state index contributed by atoms with van der Waals surface area (Å²) in [5.74, 6) is 2.64. The molecular formula is C26H28ClN3O. The minimum atomic E-state index is 0.000304. The maximum absolute atomic E-state index is 13.5. The topological polar surface area (TPSA) is 57.8 Å². The Morgan fingerprint density at radius 2 is 1.77 bits per heavy atom. The lowest BCUT2D eigenvalue weighted by Gasteiger charge is -2.24. The molecule has 5 unspecified atom stereocenters. The van der Waals surface area contributed by atoms with E-state index in [9.17, 15) is 4.79 Å². The van der Waals surface area contributed by atoms with Crippen molar-refractivity contribution >= 4 is 17.5 Å². The molecule has 1 amide bonds. The number of nitrogens with zero attached hydrogens (tertiary/aromatic N) is 1. The van der Waals surface area contributed by atoms with Crippen LogP contribution in [0.5, 0.6) is 0 Å². The third-order valence-corrected chi connectivity index (χ3v) is 7.47. The molecule has 1 aromatic carbocycles. The standard InChI is InChI=1S/C26H28ClN3O/c1-15-11-19-13-16(2)24(21(19)12-15)30-26(31)22-14-23(17-3-5-20(27)6-4-17)29-25(22)18-7-9-28-10-8-18/h3-10,14-16,19,21,24,29H,11-13H2,1-2H3,(H,30,31). The average Bonchev–Trinajstić information content (AvgIpc) is 3.43. The highest BCUT2D eigenvalue weighted by Gasteiger charge is 2.46. The van der Waals surface area contributed by atoms with Gasteiger partial charge in [0.25, 0.3) is 5.91 Å². The Kier molecular flexibility index (Phi) is 5.35. The number of fused-ring (bicyclic) bond motifs is 1. The Labute approximate surface area is 188 Å². The number of amides is 1. The van der Waals surface area contributed by atoms with Crippen LogP contribution in [0.2, 0.25) is 5.02 Å². The van der Waals surface area contributed by atoms with Crippen LogP contribution in [0.15, 0.2) is 54.9 Å². The largest absolute Gasteiger partial charge is 0.354 e. The van der Waals surface area contributed by atoms with Gasteiger partial charge in [0.15, 0.2) is 0 Å². The number of hydrogen-bond donors (Lipinski definition) is 2. The predicted molar refractivity (Wildman–Crippen MR) is 125 cm³/mol. The van der Waals surface area contributed by atoms with E-state index in [1.807, 2.05) is 42.5 Å². The second-order valence-corrected chi connectivity index (χ2v) is 9.86. The van der Waals surface area contributed by atoms with Gasteiger partial charge in [-0.05, 0) is 78.8 Å². The normalized spacial score (nSPS) is 27.3. The number of hydrogen-bond acceptors (Lipinski definition) is 2. The molecule has 2 aliphatic carbocycles. The summed E-state index contributed by atoms with van der Waals surface area (Å²) in [6.45, 7) is 4.63. The molecule has 160 valence electrons. The van der Waals surface area contributed by atoms with Crippen LogP contribution in [0, 0.1) is 23.7 Å². The van der Waals surface area contributed by atoms with Gasteiger partial charge in [0.05, 0.1) is 11.3 Å². The third-order valence-electron chi connectivity index (χ3n) is 7.22. The molecule has 2 aromatic heterocycles. The van der Waals surface area contributed by atoms with Gasteiger partial charge in [-0.25, -0.2) is 0 Å². The van der Waals surface area contributed by atoms with Gasteiger partial charge < -0.3 is 10.3 Å². The third kappa shape index (κ3) is 3.89. The summed E-state index contributed by atoms with van der Waals surface area (Å²) in [5.41, 5.74) is 4.36. The van der Waals surface area contributed by atoms with Gasteiger partial charge in [-0.3, -0.25) is 9.78 Å². The molecule has 5 rings (SSSR count). The Bertz CT molecular complexity index is 1080. The smallest absolute Gasteiger partial charge is 0.253 e. The van der Waals surface area contributed by atoms with Crippen molar-refractivity contribution in [3.63, 3.8) is 0 Å². The highest BCUT2D eigenvalue weighted by atomic mass is 35.5. The summed E-state index contributed by atoms with van der Waals surface area (Å²) < 4.78 is 0. The lowest BCUT2D eigenvalue weighted by Crippen LogP contribution is -2.41. The molecule has 31 heavy (non-hydrogen) atoms. The van der Waals surface area contributed by atoms with E-state index in [-0.39, 0.29) is 11.9 Å². The Morgan fingerprint density at radius 3 is 2.52 bits per heavy atom. The number of nitrogens with one attached hydrogen (secondary N) is 2. The molecule has 2 saturated carbocycles. The Hall–Kier alpha value is -2.59. The first kappa shape index (κ1) is 20.3. The molecule has 2 heterocycles. The molecular weight excluding hydrogens is 406 g/mol. The first-order chi connectivity index (χ1) is 15.0. The van der Waals surface area contributed by atoms with Gasteiger partial charge in [-0.2, -0.15) is 0 Å². The molecule has 5 atom stereocenters. The predicted octanol–water partition coefficient (Wildman–Crippen LogP) is 6.20. The number of H-pyrrole nitrogens is 1. The van der Waals surface area contributed by atoms with Crippen molar-refractivity contribution < 1.29 is 4.79 Å². The van der Waals surface area contributed by atoms with Gasteiger partial charge in [-0.1, -0.05) is 37.6 Å². The van der Waals surface area contributed by atoms with Crippen LogP contribution in [0.25, 0.3) is 22.5 Å². The van der Waals surface area contributed by atoms with Gasteiger partial charge in [0.2, 0.25) is 0 Å². The highest BCUT2D eigenvalue weighted by molar-refractivity contribution is 6.30. The van der Waals surface area contributed by atoms with E-state index in [0.29, 0.717) is 22.4 Å². The molecule has 0 aliphatic heterocycles. The van der Waals surface area contributed by atoms with E-state index in [1.54, 1.807) is 12.4 Å². The number of aromatic nitrogens is 2. The van der Waals surface area contributed by atoms with E-state index in [0.717, 1.165) is 34.4 Å². The monoisotopic (exact) mass is 433 g/mol. The average molecular weight is 434 g/mol. The zero-order valence-electron chi connectivity index (χ0n) is 17.9. The second-order valence-electron chi connectivity index (χ2n) is 9.43. The number of pyridine rings is 1. The Balaban J connectivity index is 1.48. The number of aromatic amines is 1. The zero-order valence-corrected chi connectivity index (χ0v) is 18.7. The molecule has 2 aliphatic rings. The quantitative estimate of drug-likeness (QED) is 0.514. The SMILES string of the molecule is CC1CC2CC(C)C(NC(=O)c3cc(-c4ccc(Cl)cc4)[nH]c3-c3ccncc3)C2C1. The van der Waals surface area contributed by atoms with Gasteiger partial charge in [0.1, 0.15) is 0 Å². The van der Waals surface area contributed by atoms with Crippen molar-refractivity contribution in [1.29, 1.82) is 0 Å². The maximum Gasteiger partial charge on any atom is 0.253 e. The molecule has 5 heteroatoms. The molecule has 2 N–H and O–H groups in total. The lowest BCUT2D eigenvalue weighted by molar-refractivity contribution is 0.0916. The maximum atomic E-state index is 13.5. The summed E-state index contributed by atoms with van der Waals surface area (Å²) in [6, 6.07) is 13.7. The second kappa shape index (κ2) is 8.16. The minimum absolute atomic E-state index is 0.000304. The summed E-state index contributed by atoms with van der Waals surface area (Å²) in [5, 5.41) is 4.12. The lowest BCUT2D eigenvalue weighted by atomic mass is 9.94. The van der Waals surface area contributed by atoms with Crippen LogP contribution >= 0.6 is 11.6 Å². The van der Waals surface area contributed by atoms with Crippen molar-refractivity contribution in [3.05, 3.63) is 65.4 Å². The molecule has 0 saturated heterocycles. The first-order valence-electron chi connectivity index (χ1n) is 11.2. The zero-order chi connectivity index (χ0) is 21.5. The van der Waals surface area contributed by atoms with Crippen molar-refractivity contribution in [1.82, 2.24) is 15.3 Å². The van der Waals surface area contributed by atoms with Gasteiger partial charge >= 0.3 is 0 Å². The first-order valence-corrected chi connectivity index (χ1v) is 11.6. The molecule has 2 fully saturated rings. The Morgan fingerprint density at radius 1 is 1.03 bits per heavy atom. The van der Waals surface area contributed by atoms with Crippen molar-refractivity contribution in [2.24, 2.45) is 23.7 Å². The van der Waals surface area contributed by atoms with Crippen LogP contribution in [-0.2, 0) is 0 Å². The summed E-state index contributed by atoms with van der Waals surface area (Å²) in [7, 11) is 0. The number of benzene rings is 1. The van der Waals surface area contributed by atoms with E-state index in [1.165, 1.54) is 19.3 Å². The summed E-state index contributed by atoms with van der Waals surface area (Å²) in [6.07, 6.45) is 7.25. The van der Waals surface area contributed by atoms with Crippen LogP contribution in [0.4, 0.5) is 0 Å². The molecule has 0 radical (unpaired) electrons. The molecule has 4 nitrogen and oxygen atoms in total. The number of carbonyl (C=O) groups excluding carboxylic acids is 1. The van der Waals surface area contributed by atoms with Crippen LogP contribution in [0.3, 0.4) is 0 Å².